The van der Waals surface area contributed by atoms with Crippen LogP contribution in [0.15, 0.2) is 35.3 Å². The first kappa shape index (κ1) is 20.5. The summed E-state index contributed by atoms with van der Waals surface area (Å²) in [5, 5.41) is 0. The molecule has 3 aromatic rings. The zero-order chi connectivity index (χ0) is 20.3. The molecule has 0 saturated heterocycles. The Morgan fingerprint density at radius 1 is 1.18 bits per heavy atom. The van der Waals surface area contributed by atoms with E-state index in [4.69, 9.17) is 9.47 Å². The summed E-state index contributed by atoms with van der Waals surface area (Å²) in [6.45, 7) is 4.99. The largest absolute Gasteiger partial charge is 0.497 e. The second-order valence-corrected chi connectivity index (χ2v) is 8.41. The van der Waals surface area contributed by atoms with Crippen molar-refractivity contribution in [2.75, 3.05) is 26.2 Å². The minimum atomic E-state index is -0.338. The lowest BCUT2D eigenvalue weighted by Gasteiger charge is -2.08. The van der Waals surface area contributed by atoms with E-state index in [1.54, 1.807) is 55.5 Å². The first-order valence-corrected chi connectivity index (χ1v) is 11.1. The number of hydrogen-bond donors (Lipinski definition) is 0. The second kappa shape index (κ2) is 8.84. The maximum absolute atomic E-state index is 13.0. The van der Waals surface area contributed by atoms with Crippen LogP contribution < -0.4 is 14.3 Å². The topological polar surface area (TPSA) is 52.8 Å². The Bertz CT molecular complexity index is 1080. The summed E-state index contributed by atoms with van der Waals surface area (Å²) in [6, 6.07) is 9.48. The van der Waals surface area contributed by atoms with Crippen LogP contribution in [0.2, 0.25) is 0 Å². The van der Waals surface area contributed by atoms with Gasteiger partial charge in [-0.25, -0.2) is 0 Å². The van der Waals surface area contributed by atoms with Crippen molar-refractivity contribution in [3.63, 3.8) is 0 Å². The minimum absolute atomic E-state index is 0.338. The zero-order valence-corrected chi connectivity index (χ0v) is 18.4. The van der Waals surface area contributed by atoms with Crippen molar-refractivity contribution in [2.45, 2.75) is 20.4 Å². The van der Waals surface area contributed by atoms with Crippen LogP contribution >= 0.6 is 23.1 Å². The van der Waals surface area contributed by atoms with Crippen LogP contribution in [0.3, 0.4) is 0 Å². The third kappa shape index (κ3) is 4.10. The fourth-order valence-electron chi connectivity index (χ4n) is 3.12. The molecule has 5 nitrogen and oxygen atoms in total. The minimum Gasteiger partial charge on any atom is -0.497 e. The molecule has 0 radical (unpaired) electrons. The van der Waals surface area contributed by atoms with Crippen molar-refractivity contribution in [3.05, 3.63) is 51.8 Å². The summed E-state index contributed by atoms with van der Waals surface area (Å²) in [4.78, 5) is 18.2. The SMILES string of the molecule is COc1ccc(OC)c(C(=O)N=c2sc3c(C)cc(C)cc3n2CCSC)c1. The Labute approximate surface area is 173 Å². The van der Waals surface area contributed by atoms with Crippen molar-refractivity contribution in [1.29, 1.82) is 0 Å². The molecule has 2 aromatic carbocycles. The number of thiazole rings is 1. The van der Waals surface area contributed by atoms with E-state index >= 15 is 0 Å². The molecule has 0 aliphatic carbocycles. The van der Waals surface area contributed by atoms with E-state index in [-0.39, 0.29) is 5.91 Å². The van der Waals surface area contributed by atoms with E-state index in [0.717, 1.165) is 22.5 Å². The number of ether oxygens (including phenoxy) is 2. The van der Waals surface area contributed by atoms with Gasteiger partial charge in [0.2, 0.25) is 0 Å². The summed E-state index contributed by atoms with van der Waals surface area (Å²) >= 11 is 3.32. The number of thioether (sulfide) groups is 1. The molecule has 1 amide bonds. The highest BCUT2D eigenvalue weighted by atomic mass is 32.2. The van der Waals surface area contributed by atoms with E-state index in [0.29, 0.717) is 21.9 Å². The second-order valence-electron chi connectivity index (χ2n) is 6.44. The van der Waals surface area contributed by atoms with Crippen molar-refractivity contribution in [1.82, 2.24) is 4.57 Å². The van der Waals surface area contributed by atoms with Crippen LogP contribution in [-0.2, 0) is 6.54 Å². The molecule has 0 aliphatic rings. The monoisotopic (exact) mass is 416 g/mol. The molecule has 0 unspecified atom stereocenters. The highest BCUT2D eigenvalue weighted by Gasteiger charge is 2.15. The fraction of sp³-hybridized carbons (Fsp3) is 0.333. The van der Waals surface area contributed by atoms with Crippen molar-refractivity contribution in [2.24, 2.45) is 4.99 Å². The first-order chi connectivity index (χ1) is 13.5. The fourth-order valence-corrected chi connectivity index (χ4v) is 4.59. The lowest BCUT2D eigenvalue weighted by Crippen LogP contribution is -2.18. The summed E-state index contributed by atoms with van der Waals surface area (Å²) in [6.07, 6.45) is 2.08. The van der Waals surface area contributed by atoms with Gasteiger partial charge in [0.1, 0.15) is 11.5 Å². The normalized spacial score (nSPS) is 11.8. The van der Waals surface area contributed by atoms with Gasteiger partial charge in [-0.2, -0.15) is 16.8 Å². The van der Waals surface area contributed by atoms with Gasteiger partial charge >= 0.3 is 0 Å². The first-order valence-electron chi connectivity index (χ1n) is 8.89. The predicted octanol–water partition coefficient (Wildman–Crippen LogP) is 4.44. The van der Waals surface area contributed by atoms with Crippen LogP contribution in [0.25, 0.3) is 10.2 Å². The number of benzene rings is 2. The van der Waals surface area contributed by atoms with Gasteiger partial charge in [-0.05, 0) is 55.5 Å². The summed E-state index contributed by atoms with van der Waals surface area (Å²) in [7, 11) is 3.11. The number of carbonyl (C=O) groups excluding carboxylic acids is 1. The molecule has 0 aliphatic heterocycles. The zero-order valence-electron chi connectivity index (χ0n) is 16.7. The lowest BCUT2D eigenvalue weighted by molar-refractivity contribution is 0.0994. The Hall–Kier alpha value is -2.25. The number of nitrogens with zero attached hydrogens (tertiary/aromatic N) is 2. The van der Waals surface area contributed by atoms with Crippen molar-refractivity contribution < 1.29 is 14.3 Å². The average Bonchev–Trinajstić information content (AvgIpc) is 3.03. The molecule has 0 saturated carbocycles. The molecule has 1 aromatic heterocycles. The van der Waals surface area contributed by atoms with Gasteiger partial charge in [-0.3, -0.25) is 4.79 Å². The van der Waals surface area contributed by atoms with E-state index in [1.807, 2.05) is 0 Å². The Morgan fingerprint density at radius 2 is 1.96 bits per heavy atom. The molecule has 1 heterocycles. The predicted molar refractivity (Wildman–Crippen MR) is 117 cm³/mol. The molecule has 0 atom stereocenters. The maximum atomic E-state index is 13.0. The number of aryl methyl sites for hydroxylation is 3. The lowest BCUT2D eigenvalue weighted by atomic mass is 10.1. The van der Waals surface area contributed by atoms with Gasteiger partial charge in [0.15, 0.2) is 4.80 Å². The Morgan fingerprint density at radius 3 is 2.64 bits per heavy atom. The summed E-state index contributed by atoms with van der Waals surface area (Å²) in [5.74, 6) is 1.69. The number of carbonyl (C=O) groups is 1. The van der Waals surface area contributed by atoms with Crippen LogP contribution in [0.1, 0.15) is 21.5 Å². The molecule has 7 heteroatoms. The van der Waals surface area contributed by atoms with Crippen molar-refractivity contribution >= 4 is 39.2 Å². The Kier molecular flexibility index (Phi) is 6.46. The third-order valence-electron chi connectivity index (χ3n) is 4.47. The quantitative estimate of drug-likeness (QED) is 0.596. The highest BCUT2D eigenvalue weighted by molar-refractivity contribution is 7.98. The number of methoxy groups -OCH3 is 2. The van der Waals surface area contributed by atoms with Gasteiger partial charge in [-0.1, -0.05) is 17.4 Å². The maximum Gasteiger partial charge on any atom is 0.283 e. The standard InChI is InChI=1S/C21H24N2O3S2/c1-13-10-14(2)19-17(11-13)23(8-9-27-5)21(28-19)22-20(24)16-12-15(25-3)6-7-18(16)26-4/h6-7,10-12H,8-9H2,1-5H3. The summed E-state index contributed by atoms with van der Waals surface area (Å²) in [5.41, 5.74) is 3.92. The number of aromatic nitrogens is 1. The van der Waals surface area contributed by atoms with Gasteiger partial charge in [0, 0.05) is 12.3 Å². The van der Waals surface area contributed by atoms with Gasteiger partial charge in [0.25, 0.3) is 5.91 Å². The molecular weight excluding hydrogens is 392 g/mol. The average molecular weight is 417 g/mol. The number of hydrogen-bond acceptors (Lipinski definition) is 5. The van der Waals surface area contributed by atoms with Crippen LogP contribution in [0, 0.1) is 13.8 Å². The third-order valence-corrected chi connectivity index (χ3v) is 6.29. The smallest absolute Gasteiger partial charge is 0.283 e. The Balaban J connectivity index is 2.18. The molecular formula is C21H24N2O3S2. The molecule has 28 heavy (non-hydrogen) atoms. The number of fused-ring (bicyclic) bond motifs is 1. The molecule has 3 rings (SSSR count). The summed E-state index contributed by atoms with van der Waals surface area (Å²) < 4.78 is 13.9. The number of amides is 1. The van der Waals surface area contributed by atoms with E-state index in [2.05, 4.69) is 41.8 Å². The van der Waals surface area contributed by atoms with Gasteiger partial charge < -0.3 is 14.0 Å². The van der Waals surface area contributed by atoms with E-state index < -0.39 is 0 Å². The van der Waals surface area contributed by atoms with Crippen LogP contribution in [-0.4, -0.2) is 36.7 Å². The van der Waals surface area contributed by atoms with E-state index in [1.165, 1.54) is 11.1 Å². The van der Waals surface area contributed by atoms with Crippen LogP contribution in [0.5, 0.6) is 11.5 Å². The molecule has 148 valence electrons. The van der Waals surface area contributed by atoms with E-state index in [9.17, 15) is 4.79 Å². The highest BCUT2D eigenvalue weighted by Crippen LogP contribution is 2.26. The molecule has 0 fully saturated rings. The molecule has 0 N–H and O–H groups in total. The van der Waals surface area contributed by atoms with Crippen LogP contribution in [0.4, 0.5) is 0 Å². The van der Waals surface area contributed by atoms with Gasteiger partial charge in [0.05, 0.1) is 30.0 Å². The van der Waals surface area contributed by atoms with Gasteiger partial charge in [-0.15, -0.1) is 0 Å². The molecule has 0 bridgehead atoms. The molecule has 0 spiro atoms. The number of rotatable bonds is 6. The van der Waals surface area contributed by atoms with Crippen molar-refractivity contribution in [3.8, 4) is 11.5 Å².